The number of nitrogens with two attached hydrogens (primary N) is 1. The first-order valence-corrected chi connectivity index (χ1v) is 6.65. The molecule has 0 aromatic heterocycles. The van der Waals surface area contributed by atoms with E-state index in [1.807, 2.05) is 13.8 Å². The Labute approximate surface area is 130 Å². The first-order chi connectivity index (χ1) is 9.33. The van der Waals surface area contributed by atoms with Crippen LogP contribution in [0.1, 0.15) is 42.6 Å². The number of carbonyl (C=O) groups excluding carboxylic acids is 1. The average Bonchev–Trinajstić information content (AvgIpc) is 2.44. The number of carbonyl (C=O) groups is 1. The molecule has 0 saturated heterocycles. The second kappa shape index (κ2) is 7.95. The van der Waals surface area contributed by atoms with Crippen molar-refractivity contribution in [3.8, 4) is 0 Å². The summed E-state index contributed by atoms with van der Waals surface area (Å²) in [5.41, 5.74) is 6.70. The SMILES string of the molecule is CCC(N)(CC)CNC(=O)c1ccc([N+](=O)[O-])cc1C.Cl. The number of nitrogens with zero attached hydrogens (tertiary/aromatic N) is 1. The summed E-state index contributed by atoms with van der Waals surface area (Å²) in [5, 5.41) is 13.5. The fourth-order valence-corrected chi connectivity index (χ4v) is 1.87. The molecule has 1 aromatic carbocycles. The van der Waals surface area contributed by atoms with E-state index in [0.717, 1.165) is 12.8 Å². The first-order valence-electron chi connectivity index (χ1n) is 6.65. The van der Waals surface area contributed by atoms with Gasteiger partial charge in [-0.25, -0.2) is 0 Å². The number of amides is 1. The van der Waals surface area contributed by atoms with Crippen molar-refractivity contribution in [2.45, 2.75) is 39.2 Å². The number of nitro groups is 1. The summed E-state index contributed by atoms with van der Waals surface area (Å²) >= 11 is 0. The predicted octanol–water partition coefficient (Wildman–Crippen LogP) is 2.57. The molecule has 21 heavy (non-hydrogen) atoms. The number of halogens is 1. The highest BCUT2D eigenvalue weighted by molar-refractivity contribution is 5.95. The van der Waals surface area contributed by atoms with E-state index in [1.54, 1.807) is 6.92 Å². The van der Waals surface area contributed by atoms with Gasteiger partial charge in [0.15, 0.2) is 0 Å². The fraction of sp³-hybridized carbons (Fsp3) is 0.500. The lowest BCUT2D eigenvalue weighted by Gasteiger charge is -2.26. The van der Waals surface area contributed by atoms with Crippen molar-refractivity contribution in [2.75, 3.05) is 6.54 Å². The molecule has 3 N–H and O–H groups in total. The van der Waals surface area contributed by atoms with Gasteiger partial charge >= 0.3 is 0 Å². The Hall–Kier alpha value is -1.66. The molecule has 0 aliphatic heterocycles. The van der Waals surface area contributed by atoms with E-state index in [4.69, 9.17) is 5.73 Å². The number of non-ortho nitro benzene ring substituents is 1. The average molecular weight is 316 g/mol. The van der Waals surface area contributed by atoms with Crippen molar-refractivity contribution in [1.82, 2.24) is 5.32 Å². The highest BCUT2D eigenvalue weighted by atomic mass is 35.5. The first kappa shape index (κ1) is 19.3. The van der Waals surface area contributed by atoms with E-state index in [0.29, 0.717) is 17.7 Å². The number of benzene rings is 1. The van der Waals surface area contributed by atoms with Gasteiger partial charge in [-0.1, -0.05) is 13.8 Å². The summed E-state index contributed by atoms with van der Waals surface area (Å²) in [5.74, 6) is -0.255. The van der Waals surface area contributed by atoms with E-state index in [2.05, 4.69) is 5.32 Å². The van der Waals surface area contributed by atoms with Crippen LogP contribution in [-0.2, 0) is 0 Å². The lowest BCUT2D eigenvalue weighted by Crippen LogP contribution is -2.49. The Kier molecular flexibility index (Phi) is 7.32. The zero-order chi connectivity index (χ0) is 15.3. The molecule has 0 aliphatic carbocycles. The van der Waals surface area contributed by atoms with Crippen LogP contribution in [0.2, 0.25) is 0 Å². The quantitative estimate of drug-likeness (QED) is 0.622. The van der Waals surface area contributed by atoms with Gasteiger partial charge in [0.25, 0.3) is 11.6 Å². The monoisotopic (exact) mass is 315 g/mol. The largest absolute Gasteiger partial charge is 0.350 e. The van der Waals surface area contributed by atoms with Crippen LogP contribution in [-0.4, -0.2) is 22.9 Å². The van der Waals surface area contributed by atoms with E-state index >= 15 is 0 Å². The van der Waals surface area contributed by atoms with Crippen molar-refractivity contribution in [2.24, 2.45) is 5.73 Å². The maximum Gasteiger partial charge on any atom is 0.269 e. The van der Waals surface area contributed by atoms with Crippen LogP contribution in [0.5, 0.6) is 0 Å². The number of aryl methyl sites for hydroxylation is 1. The van der Waals surface area contributed by atoms with E-state index in [1.165, 1.54) is 18.2 Å². The van der Waals surface area contributed by atoms with E-state index in [-0.39, 0.29) is 24.0 Å². The normalized spacial score (nSPS) is 10.7. The molecule has 6 nitrogen and oxygen atoms in total. The van der Waals surface area contributed by atoms with Crippen LogP contribution >= 0.6 is 12.4 Å². The van der Waals surface area contributed by atoms with E-state index in [9.17, 15) is 14.9 Å². The summed E-state index contributed by atoms with van der Waals surface area (Å²) in [4.78, 5) is 22.3. The summed E-state index contributed by atoms with van der Waals surface area (Å²) < 4.78 is 0. The second-order valence-corrected chi connectivity index (χ2v) is 5.01. The van der Waals surface area contributed by atoms with Crippen LogP contribution in [0.4, 0.5) is 5.69 Å². The Morgan fingerprint density at radius 2 is 1.95 bits per heavy atom. The molecular formula is C14H22ClN3O3. The molecule has 0 spiro atoms. The van der Waals surface area contributed by atoms with Crippen LogP contribution in [0, 0.1) is 17.0 Å². The van der Waals surface area contributed by atoms with Crippen LogP contribution in [0.15, 0.2) is 18.2 Å². The molecule has 118 valence electrons. The highest BCUT2D eigenvalue weighted by Crippen LogP contribution is 2.17. The van der Waals surface area contributed by atoms with Gasteiger partial charge in [0, 0.05) is 29.8 Å². The molecule has 0 saturated carbocycles. The second-order valence-electron chi connectivity index (χ2n) is 5.01. The lowest BCUT2D eigenvalue weighted by molar-refractivity contribution is -0.384. The molecular weight excluding hydrogens is 294 g/mol. The summed E-state index contributed by atoms with van der Waals surface area (Å²) in [6.45, 7) is 6.02. The van der Waals surface area contributed by atoms with E-state index < -0.39 is 10.5 Å². The van der Waals surface area contributed by atoms with Crippen LogP contribution < -0.4 is 11.1 Å². The number of nitro benzene ring substituents is 1. The van der Waals surface area contributed by atoms with Crippen molar-refractivity contribution >= 4 is 24.0 Å². The number of hydrogen-bond donors (Lipinski definition) is 2. The number of nitrogens with one attached hydrogen (secondary N) is 1. The van der Waals surface area contributed by atoms with Gasteiger partial charge in [-0.3, -0.25) is 14.9 Å². The zero-order valence-corrected chi connectivity index (χ0v) is 13.3. The fourth-order valence-electron chi connectivity index (χ4n) is 1.87. The Balaban J connectivity index is 0.00000400. The lowest BCUT2D eigenvalue weighted by atomic mass is 9.94. The standard InChI is InChI=1S/C14H21N3O3.ClH/c1-4-14(15,5-2)9-16-13(18)12-7-6-11(17(19)20)8-10(12)3;/h6-8H,4-5,9,15H2,1-3H3,(H,16,18);1H. The smallest absolute Gasteiger partial charge is 0.269 e. The van der Waals surface area contributed by atoms with Crippen molar-refractivity contribution in [3.05, 3.63) is 39.4 Å². The van der Waals surface area contributed by atoms with Gasteiger partial charge in [-0.15, -0.1) is 12.4 Å². The minimum atomic E-state index is -0.478. The number of rotatable bonds is 6. The molecule has 0 unspecified atom stereocenters. The number of hydrogen-bond acceptors (Lipinski definition) is 4. The van der Waals surface area contributed by atoms with Gasteiger partial charge in [-0.2, -0.15) is 0 Å². The molecule has 0 fully saturated rings. The van der Waals surface area contributed by atoms with Gasteiger partial charge in [-0.05, 0) is 31.4 Å². The Morgan fingerprint density at radius 1 is 1.38 bits per heavy atom. The van der Waals surface area contributed by atoms with Crippen LogP contribution in [0.3, 0.4) is 0 Å². The minimum Gasteiger partial charge on any atom is -0.350 e. The minimum absolute atomic E-state index is 0. The van der Waals surface area contributed by atoms with Crippen molar-refractivity contribution in [3.63, 3.8) is 0 Å². The zero-order valence-electron chi connectivity index (χ0n) is 12.5. The van der Waals surface area contributed by atoms with Gasteiger partial charge in [0.1, 0.15) is 0 Å². The molecule has 1 aromatic rings. The molecule has 1 rings (SSSR count). The summed E-state index contributed by atoms with van der Waals surface area (Å²) in [6, 6.07) is 4.19. The van der Waals surface area contributed by atoms with Crippen molar-refractivity contribution in [1.29, 1.82) is 0 Å². The summed E-state index contributed by atoms with van der Waals surface area (Å²) in [6.07, 6.45) is 1.53. The topological polar surface area (TPSA) is 98.3 Å². The van der Waals surface area contributed by atoms with Gasteiger partial charge in [0.05, 0.1) is 4.92 Å². The van der Waals surface area contributed by atoms with Crippen molar-refractivity contribution < 1.29 is 9.72 Å². The third-order valence-corrected chi connectivity index (χ3v) is 3.67. The summed E-state index contributed by atoms with van der Waals surface area (Å²) in [7, 11) is 0. The molecule has 0 aliphatic rings. The third kappa shape index (κ3) is 4.99. The van der Waals surface area contributed by atoms with Crippen LogP contribution in [0.25, 0.3) is 0 Å². The Morgan fingerprint density at radius 3 is 2.38 bits per heavy atom. The third-order valence-electron chi connectivity index (χ3n) is 3.67. The van der Waals surface area contributed by atoms with Gasteiger partial charge in [0.2, 0.25) is 0 Å². The molecule has 0 bridgehead atoms. The van der Waals surface area contributed by atoms with Gasteiger partial charge < -0.3 is 11.1 Å². The molecule has 7 heteroatoms. The maximum absolute atomic E-state index is 12.1. The maximum atomic E-state index is 12.1. The molecule has 0 heterocycles. The highest BCUT2D eigenvalue weighted by Gasteiger charge is 2.22. The molecule has 1 amide bonds. The molecule has 0 radical (unpaired) electrons. The Bertz CT molecular complexity index is 516. The predicted molar refractivity (Wildman–Crippen MR) is 84.9 cm³/mol. The molecule has 0 atom stereocenters.